The molecule has 0 aliphatic heterocycles. The van der Waals surface area contributed by atoms with Crippen molar-refractivity contribution in [2.24, 2.45) is 0 Å². The lowest BCUT2D eigenvalue weighted by atomic mass is 10.1. The average Bonchev–Trinajstić information content (AvgIpc) is 2.26. The predicted molar refractivity (Wildman–Crippen MR) is 63.8 cm³/mol. The molecule has 0 rings (SSSR count). The van der Waals surface area contributed by atoms with Crippen molar-refractivity contribution in [1.82, 2.24) is 0 Å². The van der Waals surface area contributed by atoms with Gasteiger partial charge < -0.3 is 4.74 Å². The molecule has 0 radical (unpaired) electrons. The molecule has 0 aliphatic rings. The average molecular weight is 212 g/mol. The van der Waals surface area contributed by atoms with Gasteiger partial charge in [0.15, 0.2) is 0 Å². The van der Waals surface area contributed by atoms with Crippen molar-refractivity contribution in [1.29, 1.82) is 0 Å². The first kappa shape index (κ1) is 14.2. The number of carbonyl (C=O) groups is 1. The lowest BCUT2D eigenvalue weighted by Crippen LogP contribution is -1.98. The van der Waals surface area contributed by atoms with E-state index in [1.807, 2.05) is 0 Å². The molecule has 0 fully saturated rings. The maximum absolute atomic E-state index is 10.8. The van der Waals surface area contributed by atoms with Gasteiger partial charge in [0.1, 0.15) is 0 Å². The first-order valence-electron chi connectivity index (χ1n) is 6.03. The van der Waals surface area contributed by atoms with Crippen LogP contribution < -0.4 is 0 Å². The number of hydrogen-bond acceptors (Lipinski definition) is 2. The highest BCUT2D eigenvalue weighted by Crippen LogP contribution is 2.05. The van der Waals surface area contributed by atoms with Crippen LogP contribution in [0.3, 0.4) is 0 Å². The van der Waals surface area contributed by atoms with Crippen molar-refractivity contribution in [3.8, 4) is 0 Å². The van der Waals surface area contributed by atoms with E-state index in [2.05, 4.69) is 23.8 Å². The van der Waals surface area contributed by atoms with E-state index in [0.717, 1.165) is 19.3 Å². The molecule has 2 nitrogen and oxygen atoms in total. The van der Waals surface area contributed by atoms with Crippen LogP contribution in [0.25, 0.3) is 0 Å². The maximum Gasteiger partial charge on any atom is 0.305 e. The van der Waals surface area contributed by atoms with Crippen molar-refractivity contribution in [3.05, 3.63) is 12.2 Å². The highest BCUT2D eigenvalue weighted by Gasteiger charge is 1.97. The molecular weight excluding hydrogens is 188 g/mol. The minimum atomic E-state index is -0.0894. The molecular formula is C13H24O2. The van der Waals surface area contributed by atoms with Gasteiger partial charge in [0.05, 0.1) is 7.11 Å². The van der Waals surface area contributed by atoms with Crippen LogP contribution in [0.2, 0.25) is 0 Å². The minimum absolute atomic E-state index is 0.0894. The zero-order valence-electron chi connectivity index (χ0n) is 10.1. The van der Waals surface area contributed by atoms with Crippen LogP contribution >= 0.6 is 0 Å². The van der Waals surface area contributed by atoms with Crippen LogP contribution in [0.4, 0.5) is 0 Å². The number of methoxy groups -OCH3 is 1. The molecule has 88 valence electrons. The molecule has 0 aromatic carbocycles. The lowest BCUT2D eigenvalue weighted by molar-refractivity contribution is -0.140. The van der Waals surface area contributed by atoms with Crippen LogP contribution in [0.1, 0.15) is 58.3 Å². The van der Waals surface area contributed by atoms with Crippen molar-refractivity contribution >= 4 is 5.97 Å². The predicted octanol–water partition coefficient (Wildman–Crippen LogP) is 3.86. The SMILES string of the molecule is CCCCC=CCCCCCC(=O)OC. The fraction of sp³-hybridized carbons (Fsp3) is 0.769. The molecule has 0 aromatic heterocycles. The number of unbranched alkanes of at least 4 members (excludes halogenated alkanes) is 5. The van der Waals surface area contributed by atoms with Crippen LogP contribution in [0, 0.1) is 0 Å². The van der Waals surface area contributed by atoms with E-state index in [-0.39, 0.29) is 5.97 Å². The van der Waals surface area contributed by atoms with Gasteiger partial charge in [-0.25, -0.2) is 0 Å². The summed E-state index contributed by atoms with van der Waals surface area (Å²) in [5.41, 5.74) is 0. The number of esters is 1. The molecule has 0 atom stereocenters. The Hall–Kier alpha value is -0.790. The summed E-state index contributed by atoms with van der Waals surface area (Å²) in [7, 11) is 1.44. The number of hydrogen-bond donors (Lipinski definition) is 0. The first-order valence-corrected chi connectivity index (χ1v) is 6.03. The van der Waals surface area contributed by atoms with Gasteiger partial charge in [-0.15, -0.1) is 0 Å². The molecule has 0 unspecified atom stereocenters. The fourth-order valence-electron chi connectivity index (χ4n) is 1.37. The number of rotatable bonds is 9. The van der Waals surface area contributed by atoms with Gasteiger partial charge in [0, 0.05) is 6.42 Å². The van der Waals surface area contributed by atoms with Crippen LogP contribution in [-0.2, 0) is 9.53 Å². The van der Waals surface area contributed by atoms with Crippen LogP contribution in [0.15, 0.2) is 12.2 Å². The zero-order chi connectivity index (χ0) is 11.4. The number of ether oxygens (including phenoxy) is 1. The van der Waals surface area contributed by atoms with Crippen molar-refractivity contribution < 1.29 is 9.53 Å². The third kappa shape index (κ3) is 11.1. The Morgan fingerprint density at radius 2 is 1.73 bits per heavy atom. The van der Waals surface area contributed by atoms with E-state index >= 15 is 0 Å². The van der Waals surface area contributed by atoms with E-state index in [9.17, 15) is 4.79 Å². The van der Waals surface area contributed by atoms with E-state index < -0.39 is 0 Å². The number of allylic oxidation sites excluding steroid dienone is 2. The summed E-state index contributed by atoms with van der Waals surface area (Å²) in [6.07, 6.45) is 13.3. The Morgan fingerprint density at radius 3 is 2.33 bits per heavy atom. The summed E-state index contributed by atoms with van der Waals surface area (Å²) in [6.45, 7) is 2.21. The van der Waals surface area contributed by atoms with Gasteiger partial charge in [-0.2, -0.15) is 0 Å². The first-order chi connectivity index (χ1) is 7.31. The van der Waals surface area contributed by atoms with Crippen molar-refractivity contribution in [3.63, 3.8) is 0 Å². The molecule has 15 heavy (non-hydrogen) atoms. The summed E-state index contributed by atoms with van der Waals surface area (Å²) >= 11 is 0. The summed E-state index contributed by atoms with van der Waals surface area (Å²) in [5.74, 6) is -0.0894. The van der Waals surface area contributed by atoms with Gasteiger partial charge in [0.2, 0.25) is 0 Å². The highest BCUT2D eigenvalue weighted by atomic mass is 16.5. The summed E-state index contributed by atoms with van der Waals surface area (Å²) in [4.78, 5) is 10.8. The van der Waals surface area contributed by atoms with Gasteiger partial charge in [-0.1, -0.05) is 38.3 Å². The standard InChI is InChI=1S/C13H24O2/c1-3-4-5-6-7-8-9-10-11-12-13(14)15-2/h6-7H,3-5,8-12H2,1-2H3. The van der Waals surface area contributed by atoms with Gasteiger partial charge in [-0.3, -0.25) is 4.79 Å². The van der Waals surface area contributed by atoms with Crippen LogP contribution in [0.5, 0.6) is 0 Å². The summed E-state index contributed by atoms with van der Waals surface area (Å²) in [5, 5.41) is 0. The Balaban J connectivity index is 3.11. The third-order valence-electron chi connectivity index (χ3n) is 2.37. The second-order valence-corrected chi connectivity index (χ2v) is 3.79. The second-order valence-electron chi connectivity index (χ2n) is 3.79. The quantitative estimate of drug-likeness (QED) is 0.329. The van der Waals surface area contributed by atoms with E-state index in [4.69, 9.17) is 0 Å². The Morgan fingerprint density at radius 1 is 1.07 bits per heavy atom. The summed E-state index contributed by atoms with van der Waals surface area (Å²) in [6, 6.07) is 0. The highest BCUT2D eigenvalue weighted by molar-refractivity contribution is 5.68. The van der Waals surface area contributed by atoms with E-state index in [1.165, 1.54) is 32.8 Å². The molecule has 0 spiro atoms. The lowest BCUT2D eigenvalue weighted by Gasteiger charge is -1.98. The largest absolute Gasteiger partial charge is 0.469 e. The topological polar surface area (TPSA) is 26.3 Å². The molecule has 0 heterocycles. The number of carbonyl (C=O) groups excluding carboxylic acids is 1. The summed E-state index contributed by atoms with van der Waals surface area (Å²) < 4.78 is 4.57. The minimum Gasteiger partial charge on any atom is -0.469 e. The second kappa shape index (κ2) is 11.3. The Bertz CT molecular complexity index is 173. The zero-order valence-corrected chi connectivity index (χ0v) is 10.1. The molecule has 0 bridgehead atoms. The van der Waals surface area contributed by atoms with Gasteiger partial charge >= 0.3 is 5.97 Å². The molecule has 0 saturated heterocycles. The van der Waals surface area contributed by atoms with Gasteiger partial charge in [0.25, 0.3) is 0 Å². The monoisotopic (exact) mass is 212 g/mol. The van der Waals surface area contributed by atoms with Crippen molar-refractivity contribution in [2.75, 3.05) is 7.11 Å². The molecule has 0 aromatic rings. The normalized spacial score (nSPS) is 10.8. The maximum atomic E-state index is 10.8. The Labute approximate surface area is 93.7 Å². The molecule has 0 aliphatic carbocycles. The van der Waals surface area contributed by atoms with Crippen molar-refractivity contribution in [2.45, 2.75) is 58.3 Å². The Kier molecular flexibility index (Phi) is 10.7. The molecule has 0 amide bonds. The van der Waals surface area contributed by atoms with Gasteiger partial charge in [-0.05, 0) is 25.7 Å². The molecule has 2 heteroatoms. The van der Waals surface area contributed by atoms with E-state index in [1.54, 1.807) is 0 Å². The van der Waals surface area contributed by atoms with Crippen LogP contribution in [-0.4, -0.2) is 13.1 Å². The fourth-order valence-corrected chi connectivity index (χ4v) is 1.37. The smallest absolute Gasteiger partial charge is 0.305 e. The van der Waals surface area contributed by atoms with E-state index in [0.29, 0.717) is 6.42 Å². The molecule has 0 N–H and O–H groups in total. The molecule has 0 saturated carbocycles. The third-order valence-corrected chi connectivity index (χ3v) is 2.37.